The lowest BCUT2D eigenvalue weighted by Crippen LogP contribution is -2.35. The number of carbonyl (C=O) groups is 1. The predicted octanol–water partition coefficient (Wildman–Crippen LogP) is 4.30. The SMILES string of the molecule is COc1ccc2[nH]c3c(=O)n(CCCCC(=O)N4CCc5ccccc5C4)c(=S)[nH]c3c2c1. The van der Waals surface area contributed by atoms with Gasteiger partial charge in [0.25, 0.3) is 5.56 Å². The van der Waals surface area contributed by atoms with Crippen molar-refractivity contribution in [2.24, 2.45) is 0 Å². The van der Waals surface area contributed by atoms with Gasteiger partial charge in [0, 0.05) is 37.0 Å². The molecule has 7 nitrogen and oxygen atoms in total. The summed E-state index contributed by atoms with van der Waals surface area (Å²) in [6.07, 6.45) is 2.79. The van der Waals surface area contributed by atoms with E-state index in [1.165, 1.54) is 11.1 Å². The molecule has 4 aromatic rings. The number of H-pyrrole nitrogens is 2. The molecule has 2 aromatic heterocycles. The lowest BCUT2D eigenvalue weighted by molar-refractivity contribution is -0.132. The van der Waals surface area contributed by atoms with Crippen molar-refractivity contribution < 1.29 is 9.53 Å². The Kier molecular flexibility index (Phi) is 5.76. The van der Waals surface area contributed by atoms with Crippen LogP contribution >= 0.6 is 12.2 Å². The summed E-state index contributed by atoms with van der Waals surface area (Å²) in [4.78, 5) is 34.1. The first-order valence-electron chi connectivity index (χ1n) is 11.2. The molecule has 5 rings (SSSR count). The van der Waals surface area contributed by atoms with Gasteiger partial charge in [-0.2, -0.15) is 0 Å². The lowest BCUT2D eigenvalue weighted by atomic mass is 9.99. The largest absolute Gasteiger partial charge is 0.497 e. The molecule has 0 atom stereocenters. The van der Waals surface area contributed by atoms with Crippen LogP contribution in [-0.4, -0.2) is 39.0 Å². The quantitative estimate of drug-likeness (QED) is 0.331. The maximum Gasteiger partial charge on any atom is 0.278 e. The van der Waals surface area contributed by atoms with E-state index in [1.54, 1.807) is 11.7 Å². The van der Waals surface area contributed by atoms with Gasteiger partial charge in [-0.15, -0.1) is 0 Å². The maximum atomic E-state index is 13.1. The first-order valence-corrected chi connectivity index (χ1v) is 11.6. The van der Waals surface area contributed by atoms with Gasteiger partial charge in [0.1, 0.15) is 11.3 Å². The van der Waals surface area contributed by atoms with Gasteiger partial charge in [-0.1, -0.05) is 24.3 Å². The number of ether oxygens (including phenoxy) is 1. The monoisotopic (exact) mass is 462 g/mol. The molecule has 170 valence electrons. The van der Waals surface area contributed by atoms with E-state index in [9.17, 15) is 9.59 Å². The minimum Gasteiger partial charge on any atom is -0.497 e. The smallest absolute Gasteiger partial charge is 0.278 e. The van der Waals surface area contributed by atoms with E-state index in [0.717, 1.165) is 23.9 Å². The van der Waals surface area contributed by atoms with Crippen molar-refractivity contribution in [2.75, 3.05) is 13.7 Å². The van der Waals surface area contributed by atoms with Gasteiger partial charge < -0.3 is 19.6 Å². The second kappa shape index (κ2) is 8.86. The van der Waals surface area contributed by atoms with E-state index < -0.39 is 0 Å². The lowest BCUT2D eigenvalue weighted by Gasteiger charge is -2.29. The van der Waals surface area contributed by atoms with Crippen molar-refractivity contribution in [2.45, 2.75) is 38.8 Å². The zero-order chi connectivity index (χ0) is 22.9. The molecule has 8 heteroatoms. The van der Waals surface area contributed by atoms with Gasteiger partial charge in [0.05, 0.1) is 12.6 Å². The molecule has 0 bridgehead atoms. The third-order valence-corrected chi connectivity index (χ3v) is 6.77. The number of hydrogen-bond donors (Lipinski definition) is 2. The number of aromatic amines is 2. The van der Waals surface area contributed by atoms with E-state index in [1.807, 2.05) is 35.2 Å². The van der Waals surface area contributed by atoms with E-state index in [4.69, 9.17) is 17.0 Å². The van der Waals surface area contributed by atoms with Crippen LogP contribution in [0.3, 0.4) is 0 Å². The molecule has 1 aliphatic heterocycles. The number of methoxy groups -OCH3 is 1. The molecule has 0 saturated heterocycles. The number of rotatable bonds is 6. The second-order valence-corrected chi connectivity index (χ2v) is 8.85. The average molecular weight is 463 g/mol. The molecule has 0 aliphatic carbocycles. The highest BCUT2D eigenvalue weighted by Crippen LogP contribution is 2.26. The Bertz CT molecular complexity index is 1470. The van der Waals surface area contributed by atoms with Gasteiger partial charge in [-0.3, -0.25) is 14.2 Å². The first kappa shape index (κ1) is 21.5. The minimum absolute atomic E-state index is 0.150. The summed E-state index contributed by atoms with van der Waals surface area (Å²) >= 11 is 5.49. The van der Waals surface area contributed by atoms with Crippen molar-refractivity contribution in [3.63, 3.8) is 0 Å². The van der Waals surface area contributed by atoms with Gasteiger partial charge in [0.2, 0.25) is 5.91 Å². The van der Waals surface area contributed by atoms with E-state index in [0.29, 0.717) is 53.9 Å². The average Bonchev–Trinajstić information content (AvgIpc) is 3.20. The number of carbonyl (C=O) groups excluding carboxylic acids is 1. The molecule has 33 heavy (non-hydrogen) atoms. The summed E-state index contributed by atoms with van der Waals surface area (Å²) in [5, 5.41) is 0.869. The third-order valence-electron chi connectivity index (χ3n) is 6.45. The molecule has 0 radical (unpaired) electrons. The van der Waals surface area contributed by atoms with Gasteiger partial charge in [-0.05, 0) is 60.8 Å². The van der Waals surface area contributed by atoms with E-state index in [-0.39, 0.29) is 11.5 Å². The number of unbranched alkanes of at least 4 members (excludes halogenated alkanes) is 1. The van der Waals surface area contributed by atoms with Crippen LogP contribution in [0.4, 0.5) is 0 Å². The first-order chi connectivity index (χ1) is 16.0. The standard InChI is InChI=1S/C25H26N4O3S/c1-32-18-9-10-20-19(14-18)22-23(26-20)24(31)29(25(33)27-22)12-5-4-8-21(30)28-13-11-16-6-2-3-7-17(16)15-28/h2-3,6-7,9-10,14,26H,4-5,8,11-13,15H2,1H3,(H,27,33). The molecule has 3 heterocycles. The van der Waals surface area contributed by atoms with Crippen LogP contribution in [0.25, 0.3) is 21.9 Å². The van der Waals surface area contributed by atoms with Gasteiger partial charge in [-0.25, -0.2) is 0 Å². The molecule has 0 fully saturated rings. The summed E-state index contributed by atoms with van der Waals surface area (Å²) in [5.74, 6) is 0.885. The second-order valence-electron chi connectivity index (χ2n) is 8.46. The van der Waals surface area contributed by atoms with Crippen LogP contribution in [-0.2, 0) is 24.3 Å². The summed E-state index contributed by atoms with van der Waals surface area (Å²) < 4.78 is 7.26. The van der Waals surface area contributed by atoms with Crippen molar-refractivity contribution in [3.05, 3.63) is 68.7 Å². The van der Waals surface area contributed by atoms with Gasteiger partial charge >= 0.3 is 0 Å². The van der Waals surface area contributed by atoms with Crippen LogP contribution in [0.15, 0.2) is 47.3 Å². The van der Waals surface area contributed by atoms with Gasteiger partial charge in [0.15, 0.2) is 4.77 Å². The molecular formula is C25H26N4O3S. The highest BCUT2D eigenvalue weighted by atomic mass is 32.1. The van der Waals surface area contributed by atoms with Crippen LogP contribution < -0.4 is 10.3 Å². The highest BCUT2D eigenvalue weighted by Gasteiger charge is 2.20. The third kappa shape index (κ3) is 4.06. The van der Waals surface area contributed by atoms with Crippen LogP contribution in [0, 0.1) is 4.77 Å². The maximum absolute atomic E-state index is 13.1. The zero-order valence-corrected chi connectivity index (χ0v) is 19.3. The Balaban J connectivity index is 1.25. The Labute approximate surface area is 196 Å². The molecule has 2 aromatic carbocycles. The number of amides is 1. The van der Waals surface area contributed by atoms with E-state index in [2.05, 4.69) is 22.1 Å². The Hall–Kier alpha value is -3.39. The fourth-order valence-electron chi connectivity index (χ4n) is 4.61. The molecule has 0 saturated carbocycles. The Morgan fingerprint density at radius 3 is 2.73 bits per heavy atom. The predicted molar refractivity (Wildman–Crippen MR) is 131 cm³/mol. The number of aromatic nitrogens is 3. The zero-order valence-electron chi connectivity index (χ0n) is 18.5. The van der Waals surface area contributed by atoms with Crippen LogP contribution in [0.5, 0.6) is 5.75 Å². The van der Waals surface area contributed by atoms with Crippen LogP contribution in [0.1, 0.15) is 30.4 Å². The summed E-state index contributed by atoms with van der Waals surface area (Å²) in [7, 11) is 1.61. The summed E-state index contributed by atoms with van der Waals surface area (Å²) in [6, 6.07) is 13.9. The molecule has 0 spiro atoms. The number of fused-ring (bicyclic) bond motifs is 4. The fourth-order valence-corrected chi connectivity index (χ4v) is 4.88. The molecule has 1 amide bonds. The minimum atomic E-state index is -0.150. The summed E-state index contributed by atoms with van der Waals surface area (Å²) in [5.41, 5.74) is 4.45. The topological polar surface area (TPSA) is 83.1 Å². The van der Waals surface area contributed by atoms with Crippen molar-refractivity contribution in [1.82, 2.24) is 19.4 Å². The molecule has 2 N–H and O–H groups in total. The molecule has 0 unspecified atom stereocenters. The highest BCUT2D eigenvalue weighted by molar-refractivity contribution is 7.71. The molecule has 1 aliphatic rings. The number of benzene rings is 2. The number of hydrogen-bond acceptors (Lipinski definition) is 4. The Morgan fingerprint density at radius 2 is 1.91 bits per heavy atom. The van der Waals surface area contributed by atoms with Crippen LogP contribution in [0.2, 0.25) is 0 Å². The van der Waals surface area contributed by atoms with Crippen molar-refractivity contribution >= 4 is 40.1 Å². The normalized spacial score (nSPS) is 13.4. The Morgan fingerprint density at radius 1 is 1.09 bits per heavy atom. The number of nitrogens with zero attached hydrogens (tertiary/aromatic N) is 2. The van der Waals surface area contributed by atoms with Crippen molar-refractivity contribution in [3.8, 4) is 5.75 Å². The molecular weight excluding hydrogens is 436 g/mol. The van der Waals surface area contributed by atoms with E-state index >= 15 is 0 Å². The summed E-state index contributed by atoms with van der Waals surface area (Å²) in [6.45, 7) is 1.92. The fraction of sp³-hybridized carbons (Fsp3) is 0.320. The van der Waals surface area contributed by atoms with Crippen molar-refractivity contribution in [1.29, 1.82) is 0 Å². The number of nitrogens with one attached hydrogen (secondary N) is 2.